The topological polar surface area (TPSA) is 55.2 Å². The Hall–Kier alpha value is -1.69. The summed E-state index contributed by atoms with van der Waals surface area (Å²) in [7, 11) is 3.40. The summed E-state index contributed by atoms with van der Waals surface area (Å²) < 4.78 is 1.48. The van der Waals surface area contributed by atoms with Crippen LogP contribution in [0.3, 0.4) is 0 Å². The summed E-state index contributed by atoms with van der Waals surface area (Å²) in [4.78, 5) is 29.8. The summed E-state index contributed by atoms with van der Waals surface area (Å²) >= 11 is 1.44. The number of aryl methyl sites for hydroxylation is 1. The fourth-order valence-corrected chi connectivity index (χ4v) is 2.22. The van der Waals surface area contributed by atoms with Crippen molar-refractivity contribution in [2.45, 2.75) is 13.0 Å². The smallest absolute Gasteiger partial charge is 0.262 e. The molecule has 0 aliphatic carbocycles. The zero-order valence-electron chi connectivity index (χ0n) is 9.71. The van der Waals surface area contributed by atoms with E-state index in [1.807, 2.05) is 5.38 Å². The maximum atomic E-state index is 12.0. The molecule has 2 heterocycles. The number of rotatable bonds is 3. The summed E-state index contributed by atoms with van der Waals surface area (Å²) in [6.45, 7) is 0.370. The number of carbonyl (C=O) groups excluding carboxylic acids is 1. The van der Waals surface area contributed by atoms with Crippen LogP contribution in [0.25, 0.3) is 10.2 Å². The molecule has 0 aliphatic rings. The molecule has 0 saturated heterocycles. The quantitative estimate of drug-likeness (QED) is 0.815. The number of thiophene rings is 1. The van der Waals surface area contributed by atoms with Crippen LogP contribution in [-0.4, -0.2) is 34.5 Å². The van der Waals surface area contributed by atoms with Gasteiger partial charge in [0.25, 0.3) is 5.56 Å². The molecule has 0 unspecified atom stereocenters. The second-order valence-electron chi connectivity index (χ2n) is 3.92. The highest BCUT2D eigenvalue weighted by molar-refractivity contribution is 7.16. The highest BCUT2D eigenvalue weighted by Gasteiger charge is 2.08. The van der Waals surface area contributed by atoms with Crippen LogP contribution in [0.1, 0.15) is 6.42 Å². The average Bonchev–Trinajstić information content (AvgIpc) is 2.76. The second kappa shape index (κ2) is 4.67. The minimum Gasteiger partial charge on any atom is -0.349 e. The molecule has 0 radical (unpaired) electrons. The first-order chi connectivity index (χ1) is 8.09. The van der Waals surface area contributed by atoms with Gasteiger partial charge in [0.15, 0.2) is 0 Å². The molecule has 2 rings (SSSR count). The molecule has 1 amide bonds. The first-order valence-electron chi connectivity index (χ1n) is 5.22. The Morgan fingerprint density at radius 1 is 1.53 bits per heavy atom. The minimum atomic E-state index is -0.0807. The summed E-state index contributed by atoms with van der Waals surface area (Å²) in [6, 6.07) is 1.76. The average molecular weight is 251 g/mol. The Kier molecular flexibility index (Phi) is 3.23. The van der Waals surface area contributed by atoms with Crippen molar-refractivity contribution in [2.24, 2.45) is 0 Å². The lowest BCUT2D eigenvalue weighted by Crippen LogP contribution is -2.26. The van der Waals surface area contributed by atoms with Crippen molar-refractivity contribution in [1.29, 1.82) is 0 Å². The van der Waals surface area contributed by atoms with Gasteiger partial charge in [0, 0.05) is 27.1 Å². The number of amides is 1. The van der Waals surface area contributed by atoms with Gasteiger partial charge in [0.2, 0.25) is 5.91 Å². The monoisotopic (exact) mass is 251 g/mol. The van der Waals surface area contributed by atoms with E-state index in [9.17, 15) is 9.59 Å². The van der Waals surface area contributed by atoms with Crippen molar-refractivity contribution in [3.8, 4) is 0 Å². The Morgan fingerprint density at radius 3 is 3.00 bits per heavy atom. The van der Waals surface area contributed by atoms with E-state index in [4.69, 9.17) is 0 Å². The van der Waals surface area contributed by atoms with Gasteiger partial charge in [-0.2, -0.15) is 0 Å². The maximum Gasteiger partial charge on any atom is 0.262 e. The van der Waals surface area contributed by atoms with Crippen molar-refractivity contribution in [3.63, 3.8) is 0 Å². The van der Waals surface area contributed by atoms with Gasteiger partial charge >= 0.3 is 0 Å². The molecule has 2 aromatic heterocycles. The number of aromatic nitrogens is 2. The third kappa shape index (κ3) is 2.36. The van der Waals surface area contributed by atoms with Gasteiger partial charge in [-0.05, 0) is 11.4 Å². The number of hydrogen-bond donors (Lipinski definition) is 0. The Bertz CT molecular complexity index is 600. The molecule has 2 aromatic rings. The zero-order chi connectivity index (χ0) is 12.4. The SMILES string of the molecule is CN(C)C(=O)CCn1cnc2sccc2c1=O. The predicted molar refractivity (Wildman–Crippen MR) is 67.2 cm³/mol. The summed E-state index contributed by atoms with van der Waals surface area (Å²) in [5.74, 6) is 0.00214. The first kappa shape index (κ1) is 11.8. The standard InChI is InChI=1S/C11H13N3O2S/c1-13(2)9(15)3-5-14-7-12-10-8(11(14)16)4-6-17-10/h4,6-7H,3,5H2,1-2H3. The summed E-state index contributed by atoms with van der Waals surface area (Å²) in [6.07, 6.45) is 1.81. The van der Waals surface area contributed by atoms with Crippen LogP contribution in [0.15, 0.2) is 22.6 Å². The molecule has 0 saturated carbocycles. The fraction of sp³-hybridized carbons (Fsp3) is 0.364. The molecule has 0 bridgehead atoms. The molecule has 0 N–H and O–H groups in total. The van der Waals surface area contributed by atoms with E-state index in [2.05, 4.69) is 4.98 Å². The molecule has 6 heteroatoms. The van der Waals surface area contributed by atoms with E-state index in [1.54, 1.807) is 20.2 Å². The molecule has 0 spiro atoms. The van der Waals surface area contributed by atoms with Gasteiger partial charge in [-0.25, -0.2) is 4.98 Å². The number of fused-ring (bicyclic) bond motifs is 1. The van der Waals surface area contributed by atoms with E-state index in [-0.39, 0.29) is 11.5 Å². The second-order valence-corrected chi connectivity index (χ2v) is 4.82. The van der Waals surface area contributed by atoms with Crippen LogP contribution in [-0.2, 0) is 11.3 Å². The third-order valence-electron chi connectivity index (χ3n) is 2.52. The maximum absolute atomic E-state index is 12.0. The normalized spacial score (nSPS) is 10.7. The molecule has 5 nitrogen and oxygen atoms in total. The van der Waals surface area contributed by atoms with Crippen LogP contribution in [0, 0.1) is 0 Å². The lowest BCUT2D eigenvalue weighted by Gasteiger charge is -2.10. The van der Waals surface area contributed by atoms with Gasteiger partial charge < -0.3 is 4.90 Å². The van der Waals surface area contributed by atoms with Gasteiger partial charge in [-0.15, -0.1) is 11.3 Å². The van der Waals surface area contributed by atoms with E-state index >= 15 is 0 Å². The van der Waals surface area contributed by atoms with Crippen LogP contribution in [0.5, 0.6) is 0 Å². The van der Waals surface area contributed by atoms with E-state index < -0.39 is 0 Å². The summed E-state index contributed by atoms with van der Waals surface area (Å²) in [5, 5.41) is 2.46. The van der Waals surface area contributed by atoms with E-state index in [0.717, 1.165) is 4.83 Å². The molecular formula is C11H13N3O2S. The summed E-state index contributed by atoms with van der Waals surface area (Å²) in [5.41, 5.74) is -0.0807. The Balaban J connectivity index is 2.22. The number of hydrogen-bond acceptors (Lipinski definition) is 4. The van der Waals surface area contributed by atoms with Crippen molar-refractivity contribution in [1.82, 2.24) is 14.5 Å². The lowest BCUT2D eigenvalue weighted by atomic mass is 10.3. The molecule has 0 aromatic carbocycles. The molecule has 17 heavy (non-hydrogen) atoms. The van der Waals surface area contributed by atoms with Crippen molar-refractivity contribution < 1.29 is 4.79 Å². The van der Waals surface area contributed by atoms with Crippen molar-refractivity contribution in [2.75, 3.05) is 14.1 Å². The van der Waals surface area contributed by atoms with Gasteiger partial charge in [-0.3, -0.25) is 14.2 Å². The van der Waals surface area contributed by atoms with E-state index in [1.165, 1.54) is 27.1 Å². The highest BCUT2D eigenvalue weighted by Crippen LogP contribution is 2.13. The fourth-order valence-electron chi connectivity index (χ4n) is 1.49. The third-order valence-corrected chi connectivity index (χ3v) is 3.34. The number of carbonyl (C=O) groups is 1. The molecular weight excluding hydrogens is 238 g/mol. The number of nitrogens with zero attached hydrogens (tertiary/aromatic N) is 3. The van der Waals surface area contributed by atoms with Crippen LogP contribution in [0.4, 0.5) is 0 Å². The molecule has 90 valence electrons. The van der Waals surface area contributed by atoms with Gasteiger partial charge in [0.05, 0.1) is 11.7 Å². The molecule has 0 atom stereocenters. The van der Waals surface area contributed by atoms with Crippen molar-refractivity contribution in [3.05, 3.63) is 28.1 Å². The zero-order valence-corrected chi connectivity index (χ0v) is 10.5. The van der Waals surface area contributed by atoms with Crippen LogP contribution < -0.4 is 5.56 Å². The highest BCUT2D eigenvalue weighted by atomic mass is 32.1. The molecule has 0 fully saturated rings. The van der Waals surface area contributed by atoms with E-state index in [0.29, 0.717) is 18.4 Å². The van der Waals surface area contributed by atoms with Gasteiger partial charge in [0.1, 0.15) is 4.83 Å². The minimum absolute atomic E-state index is 0.00214. The van der Waals surface area contributed by atoms with Crippen LogP contribution in [0.2, 0.25) is 0 Å². The largest absolute Gasteiger partial charge is 0.349 e. The Morgan fingerprint density at radius 2 is 2.29 bits per heavy atom. The van der Waals surface area contributed by atoms with Crippen molar-refractivity contribution >= 4 is 27.5 Å². The Labute approximate surface area is 102 Å². The molecule has 0 aliphatic heterocycles. The predicted octanol–water partition coefficient (Wildman–Crippen LogP) is 0.936. The lowest BCUT2D eigenvalue weighted by molar-refractivity contribution is -0.128. The van der Waals surface area contributed by atoms with Crippen LogP contribution >= 0.6 is 11.3 Å². The first-order valence-corrected chi connectivity index (χ1v) is 6.10. The van der Waals surface area contributed by atoms with Gasteiger partial charge in [-0.1, -0.05) is 0 Å².